The maximum atomic E-state index is 12.4. The number of aliphatic hydroxyl groups excluding tert-OH is 4. The first-order valence-corrected chi connectivity index (χ1v) is 12.2. The zero-order valence-electron chi connectivity index (χ0n) is 19.8. The number of nitrogens with one attached hydrogen (secondary N) is 1. The zero-order chi connectivity index (χ0) is 26.0. The monoisotopic (exact) mass is 513 g/mol. The van der Waals surface area contributed by atoms with Crippen LogP contribution in [-0.4, -0.2) is 80.1 Å². The van der Waals surface area contributed by atoms with Gasteiger partial charge < -0.3 is 40.0 Å². The predicted octanol–water partition coefficient (Wildman–Crippen LogP) is -0.0447. The number of fused-ring (bicyclic) bond motifs is 8. The molecule has 0 spiro atoms. The number of pyridine rings is 1. The number of aliphatic hydroxyl groups is 4. The molecule has 0 saturated carbocycles. The van der Waals surface area contributed by atoms with Crippen molar-refractivity contribution in [1.29, 1.82) is 0 Å². The van der Waals surface area contributed by atoms with Crippen molar-refractivity contribution in [3.8, 4) is 0 Å². The van der Waals surface area contributed by atoms with Gasteiger partial charge in [0.05, 0.1) is 6.61 Å². The first kappa shape index (κ1) is 24.4. The Morgan fingerprint density at radius 1 is 1.11 bits per heavy atom. The van der Waals surface area contributed by atoms with Gasteiger partial charge in [-0.3, -0.25) is 9.53 Å². The van der Waals surface area contributed by atoms with Gasteiger partial charge in [0.25, 0.3) is 6.23 Å². The first-order chi connectivity index (χ1) is 17.8. The van der Waals surface area contributed by atoms with Crippen LogP contribution in [0.15, 0.2) is 49.2 Å². The summed E-state index contributed by atoms with van der Waals surface area (Å²) in [5, 5.41) is 52.5. The molecule has 0 unspecified atom stereocenters. The molecule has 2 fully saturated rings. The van der Waals surface area contributed by atoms with Crippen molar-refractivity contribution in [1.82, 2.24) is 4.98 Å². The molecule has 0 radical (unpaired) electrons. The van der Waals surface area contributed by atoms with Gasteiger partial charge >= 0.3 is 5.97 Å². The lowest BCUT2D eigenvalue weighted by Gasteiger charge is -2.47. The van der Waals surface area contributed by atoms with Crippen LogP contribution in [0.5, 0.6) is 0 Å². The van der Waals surface area contributed by atoms with Crippen LogP contribution in [0.25, 0.3) is 21.8 Å². The van der Waals surface area contributed by atoms with Crippen molar-refractivity contribution in [2.24, 2.45) is 17.8 Å². The molecule has 37 heavy (non-hydrogen) atoms. The van der Waals surface area contributed by atoms with Gasteiger partial charge in [-0.25, -0.2) is 0 Å². The smallest absolute Gasteiger partial charge is 0.316 e. The fourth-order valence-electron chi connectivity index (χ4n) is 6.10. The molecule has 0 amide bonds. The van der Waals surface area contributed by atoms with Gasteiger partial charge in [-0.1, -0.05) is 24.3 Å². The normalized spacial score (nSPS) is 37.4. The van der Waals surface area contributed by atoms with Crippen LogP contribution >= 0.6 is 0 Å². The van der Waals surface area contributed by atoms with Crippen LogP contribution in [0.1, 0.15) is 11.9 Å². The summed E-state index contributed by atoms with van der Waals surface area (Å²) < 4.78 is 19.5. The Balaban J connectivity index is 1.39. The highest BCUT2D eigenvalue weighted by molar-refractivity contribution is 6.07. The summed E-state index contributed by atoms with van der Waals surface area (Å²) in [7, 11) is 0. The number of rotatable bonds is 5. The van der Waals surface area contributed by atoms with E-state index in [-0.39, 0.29) is 0 Å². The van der Waals surface area contributed by atoms with E-state index >= 15 is 0 Å². The van der Waals surface area contributed by atoms with Gasteiger partial charge in [0.15, 0.2) is 18.8 Å². The number of nitrogens with zero attached hydrogens (tertiary/aromatic N) is 1. The van der Waals surface area contributed by atoms with E-state index in [0.717, 1.165) is 27.5 Å². The minimum absolute atomic E-state index is 0.395. The maximum Gasteiger partial charge on any atom is 0.316 e. The van der Waals surface area contributed by atoms with E-state index in [1.54, 1.807) is 10.6 Å². The van der Waals surface area contributed by atoms with Crippen molar-refractivity contribution in [2.75, 3.05) is 6.61 Å². The van der Waals surface area contributed by atoms with Crippen molar-refractivity contribution in [2.45, 2.75) is 49.6 Å². The molecular formula is C26H29N2O9+. The fraction of sp³-hybridized carbons (Fsp3) is 0.462. The number of hydrogen-bond donors (Lipinski definition) is 6. The summed E-state index contributed by atoms with van der Waals surface area (Å²) in [6.07, 6.45) is -5.53. The number of para-hydroxylation sites is 1. The molecule has 6 N–H and O–H groups in total. The second-order valence-electron chi connectivity index (χ2n) is 9.90. The van der Waals surface area contributed by atoms with Crippen molar-refractivity contribution in [3.63, 3.8) is 0 Å². The molecule has 11 nitrogen and oxygen atoms in total. The lowest BCUT2D eigenvalue weighted by Crippen LogP contribution is -2.65. The van der Waals surface area contributed by atoms with Gasteiger partial charge in [0.2, 0.25) is 5.69 Å². The number of hydrogen-bond acceptors (Lipinski definition) is 8. The van der Waals surface area contributed by atoms with Crippen LogP contribution < -0.4 is 4.57 Å². The van der Waals surface area contributed by atoms with Crippen LogP contribution in [0.2, 0.25) is 0 Å². The Labute approximate surface area is 211 Å². The third-order valence-corrected chi connectivity index (χ3v) is 7.98. The molecule has 0 aliphatic carbocycles. The first-order valence-electron chi connectivity index (χ1n) is 12.2. The highest BCUT2D eigenvalue weighted by atomic mass is 16.8. The lowest BCUT2D eigenvalue weighted by atomic mass is 9.72. The summed E-state index contributed by atoms with van der Waals surface area (Å²) in [4.78, 5) is 15.9. The molecule has 2 aromatic heterocycles. The summed E-state index contributed by atoms with van der Waals surface area (Å²) in [5.74, 6) is -2.96. The van der Waals surface area contributed by atoms with Crippen molar-refractivity contribution < 1.29 is 49.1 Å². The van der Waals surface area contributed by atoms with Gasteiger partial charge in [0.1, 0.15) is 35.9 Å². The van der Waals surface area contributed by atoms with E-state index in [2.05, 4.69) is 11.6 Å². The van der Waals surface area contributed by atoms with Gasteiger partial charge in [-0.2, -0.15) is 4.57 Å². The Morgan fingerprint density at radius 2 is 1.89 bits per heavy atom. The number of ether oxygens (including phenoxy) is 3. The van der Waals surface area contributed by atoms with E-state index in [1.807, 2.05) is 36.5 Å². The molecule has 1 aromatic carbocycles. The second kappa shape index (κ2) is 9.14. The maximum absolute atomic E-state index is 12.4. The number of H-pyrrole nitrogens is 1. The topological polar surface area (TPSA) is 166 Å². The van der Waals surface area contributed by atoms with E-state index in [0.29, 0.717) is 6.42 Å². The van der Waals surface area contributed by atoms with Gasteiger partial charge in [-0.05, 0) is 6.07 Å². The van der Waals surface area contributed by atoms with E-state index < -0.39 is 73.6 Å². The predicted molar refractivity (Wildman–Crippen MR) is 127 cm³/mol. The molecular weight excluding hydrogens is 484 g/mol. The van der Waals surface area contributed by atoms with E-state index in [1.165, 1.54) is 0 Å². The summed E-state index contributed by atoms with van der Waals surface area (Å²) in [6, 6.07) is 9.86. The number of carboxylic acids is 1. The average Bonchev–Trinajstić information content (AvgIpc) is 3.28. The molecule has 2 saturated heterocycles. The van der Waals surface area contributed by atoms with E-state index in [9.17, 15) is 30.3 Å². The zero-order valence-corrected chi connectivity index (χ0v) is 19.8. The standard InChI is InChI=1S/C26H28N2O9/c1-2-11-14-9-16-19-13(12-5-3-4-6-15(12)27-19)7-8-28(16)23(18(14)24(33)34)36-25(11)37-26-22(32)21(31)20(30)17(10-29)35-26/h2-8,11,14,17-18,20-23,25-26,29-32H,1,9-10H2,(H,33,34)/p+1/t11-,14+,17-,18-,20-,21+,22-,23-,25+,26+/m1/s1. The summed E-state index contributed by atoms with van der Waals surface area (Å²) >= 11 is 0. The Kier molecular flexibility index (Phi) is 6.03. The van der Waals surface area contributed by atoms with Crippen LogP contribution in [0, 0.1) is 17.8 Å². The summed E-state index contributed by atoms with van der Waals surface area (Å²) in [6.45, 7) is 3.30. The Morgan fingerprint density at radius 3 is 2.62 bits per heavy atom. The average molecular weight is 514 g/mol. The molecule has 5 heterocycles. The third-order valence-electron chi connectivity index (χ3n) is 7.98. The van der Waals surface area contributed by atoms with Crippen molar-refractivity contribution >= 4 is 27.8 Å². The number of carboxylic acid groups (broad SMARTS) is 1. The molecule has 11 heteroatoms. The Bertz CT molecular complexity index is 1360. The third kappa shape index (κ3) is 3.69. The van der Waals surface area contributed by atoms with Crippen LogP contribution in [0.4, 0.5) is 0 Å². The number of aromatic amines is 1. The number of benzene rings is 1. The number of aromatic nitrogens is 2. The quantitative estimate of drug-likeness (QED) is 0.203. The molecule has 3 aliphatic rings. The second-order valence-corrected chi connectivity index (χ2v) is 9.90. The highest BCUT2D eigenvalue weighted by Gasteiger charge is 2.58. The number of aliphatic carboxylic acids is 1. The van der Waals surface area contributed by atoms with Gasteiger partial charge in [-0.15, -0.1) is 6.58 Å². The lowest BCUT2D eigenvalue weighted by molar-refractivity contribution is -0.791. The van der Waals surface area contributed by atoms with Crippen LogP contribution in [-0.2, 0) is 25.4 Å². The van der Waals surface area contributed by atoms with Gasteiger partial charge in [0, 0.05) is 40.6 Å². The molecule has 3 aromatic rings. The SMILES string of the molecule is C=C[C@H]1[C@H](O[C@@H]2O[C@H](CO)[C@@H](O)[C@H](O)[C@H]2O)O[C@@H]2[C@H](C(=O)O)[C@H]1Cc1c3[nH]c4ccccc4c3cc[n+]12. The van der Waals surface area contributed by atoms with Crippen molar-refractivity contribution in [3.05, 3.63) is 54.9 Å². The highest BCUT2D eigenvalue weighted by Crippen LogP contribution is 2.46. The minimum atomic E-state index is -1.62. The Hall–Kier alpha value is -2.90. The minimum Gasteiger partial charge on any atom is -0.481 e. The number of carbonyl (C=O) groups is 1. The molecule has 2 bridgehead atoms. The molecule has 10 atom stereocenters. The van der Waals surface area contributed by atoms with Crippen LogP contribution in [0.3, 0.4) is 0 Å². The summed E-state index contributed by atoms with van der Waals surface area (Å²) in [5.41, 5.74) is 2.78. The fourth-order valence-corrected chi connectivity index (χ4v) is 6.10. The van der Waals surface area contributed by atoms with E-state index in [4.69, 9.17) is 14.2 Å². The molecule has 6 rings (SSSR count). The largest absolute Gasteiger partial charge is 0.481 e. The molecule has 3 aliphatic heterocycles. The molecule has 196 valence electrons.